The van der Waals surface area contributed by atoms with Crippen molar-refractivity contribution in [2.24, 2.45) is 0 Å². The summed E-state index contributed by atoms with van der Waals surface area (Å²) in [4.78, 5) is 0. The second-order valence-electron chi connectivity index (χ2n) is 5.77. The highest BCUT2D eigenvalue weighted by Crippen LogP contribution is 2.21. The van der Waals surface area contributed by atoms with Crippen LogP contribution >= 0.6 is 15.9 Å². The van der Waals surface area contributed by atoms with E-state index >= 15 is 0 Å². The van der Waals surface area contributed by atoms with Gasteiger partial charge in [0.15, 0.2) is 17.5 Å². The minimum absolute atomic E-state index is 0.667. The molecule has 0 radical (unpaired) electrons. The van der Waals surface area contributed by atoms with Crippen LogP contribution in [0.2, 0.25) is 0 Å². The first-order valence-electron chi connectivity index (χ1n) is 7.02. The van der Waals surface area contributed by atoms with Gasteiger partial charge in [-0.3, -0.25) is 0 Å². The van der Waals surface area contributed by atoms with Gasteiger partial charge >= 0.3 is 6.98 Å². The topological polar surface area (TPSA) is 17.1 Å². The van der Waals surface area contributed by atoms with Gasteiger partial charge in [-0.1, -0.05) is 28.1 Å². The fraction of sp³-hybridized carbons (Fsp3) is 0.200. The Balaban J connectivity index is 0.000000277. The third kappa shape index (κ3) is 6.60. The Morgan fingerprint density at radius 3 is 1.52 bits per heavy atom. The van der Waals surface area contributed by atoms with Crippen molar-refractivity contribution in [2.75, 3.05) is 12.5 Å². The molecule has 0 aliphatic rings. The minimum atomic E-state index is -6.30. The van der Waals surface area contributed by atoms with Crippen molar-refractivity contribution in [3.63, 3.8) is 0 Å². The Labute approximate surface area is 159 Å². The summed E-state index contributed by atoms with van der Waals surface area (Å²) in [6.07, 6.45) is 3.57. The number of hydrogen-bond donors (Lipinski definition) is 0. The molecule has 0 saturated carbocycles. The van der Waals surface area contributed by atoms with E-state index in [4.69, 9.17) is 0 Å². The first-order valence-corrected chi connectivity index (χ1v) is 10.4. The van der Waals surface area contributed by atoms with E-state index in [1.54, 1.807) is 12.5 Å². The van der Waals surface area contributed by atoms with Crippen LogP contribution in [0.3, 0.4) is 0 Å². The summed E-state index contributed by atoms with van der Waals surface area (Å²) >= 11 is 3.35. The summed E-state index contributed by atoms with van der Waals surface area (Å²) in [5.74, 6) is -12.9. The molecule has 0 amide bonds. The van der Waals surface area contributed by atoms with Gasteiger partial charge in [0.1, 0.15) is 29.9 Å². The molecule has 2 rings (SSSR count). The molecule has 150 valence electrons. The molecular formula is C15H12BBrF8OS. The van der Waals surface area contributed by atoms with E-state index in [0.717, 1.165) is 10.0 Å². The molecule has 12 heteroatoms. The van der Waals surface area contributed by atoms with E-state index in [1.807, 2.05) is 24.3 Å². The second-order valence-corrected chi connectivity index (χ2v) is 9.84. The molecular weight excluding hydrogens is 471 g/mol. The van der Waals surface area contributed by atoms with Gasteiger partial charge in [0, 0.05) is 10.0 Å². The van der Waals surface area contributed by atoms with Crippen LogP contribution in [0.15, 0.2) is 28.7 Å². The Morgan fingerprint density at radius 1 is 0.815 bits per heavy atom. The van der Waals surface area contributed by atoms with Crippen molar-refractivity contribution in [1.29, 1.82) is 0 Å². The zero-order valence-electron chi connectivity index (χ0n) is 13.8. The lowest BCUT2D eigenvalue weighted by Crippen LogP contribution is -2.41. The maximum absolute atomic E-state index is 12.5. The van der Waals surface area contributed by atoms with Gasteiger partial charge in [-0.25, -0.2) is 22.0 Å². The van der Waals surface area contributed by atoms with E-state index < -0.39 is 51.5 Å². The SMILES string of the molecule is C[S+](C)(=O)Cc1ccc(Br)cc1.Fc1c(F)c(F)c([B-](F)(F)F)c(F)c1F. The average Bonchev–Trinajstić information content (AvgIpc) is 2.51. The lowest BCUT2D eigenvalue weighted by molar-refractivity contribution is 0.377. The van der Waals surface area contributed by atoms with Crippen molar-refractivity contribution >= 4 is 38.3 Å². The van der Waals surface area contributed by atoms with Crippen LogP contribution in [-0.4, -0.2) is 19.5 Å². The number of hydrogen-bond acceptors (Lipinski definition) is 1. The molecule has 0 aromatic heterocycles. The zero-order valence-corrected chi connectivity index (χ0v) is 16.2. The average molecular weight is 483 g/mol. The summed E-state index contributed by atoms with van der Waals surface area (Å²) in [7, 11) is -1.66. The minimum Gasteiger partial charge on any atom is -0.445 e. The van der Waals surface area contributed by atoms with Crippen molar-refractivity contribution in [3.8, 4) is 0 Å². The first-order chi connectivity index (χ1) is 12.1. The first kappa shape index (κ1) is 23.6. The van der Waals surface area contributed by atoms with Gasteiger partial charge in [-0.15, -0.1) is 4.21 Å². The third-order valence-corrected chi connectivity index (χ3v) is 4.56. The molecule has 0 saturated heterocycles. The van der Waals surface area contributed by atoms with Gasteiger partial charge in [0.2, 0.25) is 0 Å². The lowest BCUT2D eigenvalue weighted by atomic mass is 9.79. The largest absolute Gasteiger partial charge is 0.515 e. The van der Waals surface area contributed by atoms with Gasteiger partial charge in [0.05, 0.1) is 9.93 Å². The van der Waals surface area contributed by atoms with E-state index in [0.29, 0.717) is 5.75 Å². The Hall–Kier alpha value is -1.43. The smallest absolute Gasteiger partial charge is 0.445 e. The lowest BCUT2D eigenvalue weighted by Gasteiger charge is -2.17. The van der Waals surface area contributed by atoms with Crippen LogP contribution in [0.1, 0.15) is 5.56 Å². The number of halogens is 9. The van der Waals surface area contributed by atoms with Crippen LogP contribution in [-0.2, 0) is 19.9 Å². The molecule has 0 spiro atoms. The summed E-state index contributed by atoms with van der Waals surface area (Å²) in [6, 6.07) is 7.94. The highest BCUT2D eigenvalue weighted by Gasteiger charge is 2.37. The van der Waals surface area contributed by atoms with Crippen LogP contribution in [0.4, 0.5) is 34.9 Å². The predicted octanol–water partition coefficient (Wildman–Crippen LogP) is 5.14. The molecule has 0 heterocycles. The van der Waals surface area contributed by atoms with E-state index in [1.165, 1.54) is 0 Å². The van der Waals surface area contributed by atoms with Crippen LogP contribution in [0.5, 0.6) is 0 Å². The van der Waals surface area contributed by atoms with Gasteiger partial charge in [-0.2, -0.15) is 0 Å². The van der Waals surface area contributed by atoms with Crippen LogP contribution in [0.25, 0.3) is 0 Å². The number of rotatable bonds is 3. The molecule has 0 fully saturated rings. The highest BCUT2D eigenvalue weighted by molar-refractivity contribution is 9.10. The molecule has 0 N–H and O–H groups in total. The van der Waals surface area contributed by atoms with Crippen molar-refractivity contribution < 1.29 is 39.1 Å². The molecule has 0 aliphatic carbocycles. The summed E-state index contributed by atoms with van der Waals surface area (Å²) in [5, 5.41) is 0. The molecule has 1 nitrogen and oxygen atoms in total. The molecule has 2 aromatic carbocycles. The van der Waals surface area contributed by atoms with E-state index in [2.05, 4.69) is 15.9 Å². The van der Waals surface area contributed by atoms with Gasteiger partial charge in [0.25, 0.3) is 0 Å². The molecule has 27 heavy (non-hydrogen) atoms. The quantitative estimate of drug-likeness (QED) is 0.194. The zero-order chi connectivity index (χ0) is 21.2. The Morgan fingerprint density at radius 2 is 1.19 bits per heavy atom. The Kier molecular flexibility index (Phi) is 7.63. The van der Waals surface area contributed by atoms with Crippen molar-refractivity contribution in [3.05, 3.63) is 63.4 Å². The molecule has 0 bridgehead atoms. The molecule has 0 aliphatic heterocycles. The maximum atomic E-state index is 12.5. The molecule has 0 unspecified atom stereocenters. The summed E-state index contributed by atoms with van der Waals surface area (Å²) in [5.41, 5.74) is -1.60. The normalized spacial score (nSPS) is 11.8. The standard InChI is InChI=1S/C9H12BrOS.C6BF8/c1-12(2,11)7-8-3-5-9(10)6-4-8;8-2-1(7(13,14)15)3(9)5(11)6(12)4(2)10/h3-6H,7H2,1-2H3;/q+1;-1. The van der Waals surface area contributed by atoms with Crippen LogP contribution < -0.4 is 5.46 Å². The van der Waals surface area contributed by atoms with E-state index in [-0.39, 0.29) is 0 Å². The summed E-state index contributed by atoms with van der Waals surface area (Å²) in [6.45, 7) is -6.30. The molecule has 0 atom stereocenters. The van der Waals surface area contributed by atoms with Crippen molar-refractivity contribution in [2.45, 2.75) is 5.75 Å². The monoisotopic (exact) mass is 482 g/mol. The molecule has 2 aromatic rings. The van der Waals surface area contributed by atoms with E-state index in [9.17, 15) is 39.1 Å². The van der Waals surface area contributed by atoms with Gasteiger partial charge in [-0.05, 0) is 17.6 Å². The van der Waals surface area contributed by atoms with Crippen molar-refractivity contribution in [1.82, 2.24) is 0 Å². The Bertz CT molecular complexity index is 835. The fourth-order valence-electron chi connectivity index (χ4n) is 1.89. The number of benzene rings is 2. The highest BCUT2D eigenvalue weighted by atomic mass is 79.9. The van der Waals surface area contributed by atoms with Gasteiger partial charge < -0.3 is 12.9 Å². The third-order valence-electron chi connectivity index (χ3n) is 3.00. The summed E-state index contributed by atoms with van der Waals surface area (Å²) < 4.78 is 110. The predicted molar refractivity (Wildman–Crippen MR) is 92.7 cm³/mol. The maximum Gasteiger partial charge on any atom is 0.515 e. The van der Waals surface area contributed by atoms with Crippen LogP contribution in [0, 0.1) is 29.1 Å². The second kappa shape index (κ2) is 8.72. The fourth-order valence-corrected chi connectivity index (χ4v) is 3.15.